The molecule has 1 amide bonds. The molecule has 4 nitrogen and oxygen atoms in total. The van der Waals surface area contributed by atoms with Crippen LogP contribution in [-0.4, -0.2) is 18.5 Å². The molecular weight excluding hydrogens is 245 g/mol. The van der Waals surface area contributed by atoms with Crippen LogP contribution in [0.1, 0.15) is 31.2 Å². The van der Waals surface area contributed by atoms with Crippen molar-refractivity contribution in [3.8, 4) is 6.07 Å². The number of nitrogens with one attached hydrogen (secondary N) is 2. The number of nitriles is 1. The lowest BCUT2D eigenvalue weighted by Crippen LogP contribution is -2.25. The fraction of sp³-hybridized carbons (Fsp3) is 0.429. The van der Waals surface area contributed by atoms with Crippen molar-refractivity contribution >= 4 is 11.6 Å². The maximum absolute atomic E-state index is 13.3. The third-order valence-electron chi connectivity index (χ3n) is 2.94. The molecule has 1 aliphatic carbocycles. The van der Waals surface area contributed by atoms with Gasteiger partial charge in [-0.3, -0.25) is 4.79 Å². The predicted octanol–water partition coefficient (Wildman–Crippen LogP) is 2.17. The van der Waals surface area contributed by atoms with E-state index in [0.717, 1.165) is 12.8 Å². The van der Waals surface area contributed by atoms with Crippen molar-refractivity contribution in [3.63, 3.8) is 0 Å². The van der Waals surface area contributed by atoms with Gasteiger partial charge in [-0.15, -0.1) is 0 Å². The number of amides is 1. The Morgan fingerprint density at radius 2 is 2.26 bits per heavy atom. The topological polar surface area (TPSA) is 64.9 Å². The zero-order chi connectivity index (χ0) is 13.7. The molecule has 2 N–H and O–H groups in total. The number of carbonyl (C=O) groups excluding carboxylic acids is 1. The second-order valence-corrected chi connectivity index (χ2v) is 4.68. The average Bonchev–Trinajstić information content (AvgIpc) is 3.19. The first-order valence-corrected chi connectivity index (χ1v) is 6.42. The molecule has 0 saturated heterocycles. The van der Waals surface area contributed by atoms with E-state index in [1.165, 1.54) is 12.1 Å². The summed E-state index contributed by atoms with van der Waals surface area (Å²) in [6, 6.07) is 6.56. The molecule has 5 heteroatoms. The maximum atomic E-state index is 13.3. The third kappa shape index (κ3) is 4.25. The summed E-state index contributed by atoms with van der Waals surface area (Å²) in [5.74, 6) is -0.450. The second kappa shape index (κ2) is 6.19. The van der Waals surface area contributed by atoms with Crippen molar-refractivity contribution in [2.24, 2.45) is 0 Å². The van der Waals surface area contributed by atoms with Crippen LogP contribution in [0.3, 0.4) is 0 Å². The normalized spacial score (nSPS) is 13.7. The van der Waals surface area contributed by atoms with Gasteiger partial charge in [0.2, 0.25) is 5.91 Å². The first-order chi connectivity index (χ1) is 9.19. The van der Waals surface area contributed by atoms with Gasteiger partial charge < -0.3 is 10.6 Å². The van der Waals surface area contributed by atoms with Crippen molar-refractivity contribution in [2.75, 3.05) is 11.9 Å². The highest BCUT2D eigenvalue weighted by Crippen LogP contribution is 2.18. The van der Waals surface area contributed by atoms with E-state index >= 15 is 0 Å². The molecule has 1 fully saturated rings. The molecule has 0 aliphatic heterocycles. The van der Waals surface area contributed by atoms with Gasteiger partial charge in [0.1, 0.15) is 11.9 Å². The summed E-state index contributed by atoms with van der Waals surface area (Å²) in [6.07, 6.45) is 3.35. The Bertz CT molecular complexity index is 506. The number of halogens is 1. The smallest absolute Gasteiger partial charge is 0.220 e. The van der Waals surface area contributed by atoms with Gasteiger partial charge in [0.05, 0.1) is 5.56 Å². The van der Waals surface area contributed by atoms with Crippen molar-refractivity contribution < 1.29 is 9.18 Å². The lowest BCUT2D eigenvalue weighted by molar-refractivity contribution is -0.121. The number of nitrogens with zero attached hydrogens (tertiary/aromatic N) is 1. The Morgan fingerprint density at radius 1 is 1.47 bits per heavy atom. The van der Waals surface area contributed by atoms with E-state index in [1.54, 1.807) is 12.1 Å². The number of carbonyl (C=O) groups is 1. The molecule has 1 aromatic rings. The SMILES string of the molecule is N#Cc1ccc(NCCCC(=O)NC2CC2)cc1F. The van der Waals surface area contributed by atoms with Gasteiger partial charge in [0, 0.05) is 24.7 Å². The van der Waals surface area contributed by atoms with Crippen LogP contribution in [0.15, 0.2) is 18.2 Å². The van der Waals surface area contributed by atoms with Gasteiger partial charge in [-0.25, -0.2) is 4.39 Å². The fourth-order valence-corrected chi connectivity index (χ4v) is 1.72. The molecular formula is C14H16FN3O. The molecule has 19 heavy (non-hydrogen) atoms. The third-order valence-corrected chi connectivity index (χ3v) is 2.94. The van der Waals surface area contributed by atoms with E-state index in [9.17, 15) is 9.18 Å². The van der Waals surface area contributed by atoms with E-state index in [4.69, 9.17) is 5.26 Å². The molecule has 1 aliphatic rings. The summed E-state index contributed by atoms with van der Waals surface area (Å²) < 4.78 is 13.3. The summed E-state index contributed by atoms with van der Waals surface area (Å²) >= 11 is 0. The Hall–Kier alpha value is -2.09. The highest BCUT2D eigenvalue weighted by Gasteiger charge is 2.22. The van der Waals surface area contributed by atoms with Gasteiger partial charge in [0.15, 0.2) is 0 Å². The summed E-state index contributed by atoms with van der Waals surface area (Å²) in [5, 5.41) is 14.6. The van der Waals surface area contributed by atoms with E-state index in [-0.39, 0.29) is 11.5 Å². The van der Waals surface area contributed by atoms with Gasteiger partial charge in [-0.05, 0) is 37.5 Å². The lowest BCUT2D eigenvalue weighted by Gasteiger charge is -2.07. The van der Waals surface area contributed by atoms with Crippen LogP contribution in [0.25, 0.3) is 0 Å². The monoisotopic (exact) mass is 261 g/mol. The zero-order valence-corrected chi connectivity index (χ0v) is 10.6. The van der Waals surface area contributed by atoms with Crippen LogP contribution in [0.2, 0.25) is 0 Å². The minimum Gasteiger partial charge on any atom is -0.385 e. The minimum absolute atomic E-state index is 0.0364. The van der Waals surface area contributed by atoms with Crippen LogP contribution in [-0.2, 0) is 4.79 Å². The first kappa shape index (κ1) is 13.3. The summed E-state index contributed by atoms with van der Waals surface area (Å²) in [4.78, 5) is 11.4. The summed E-state index contributed by atoms with van der Waals surface area (Å²) in [7, 11) is 0. The van der Waals surface area contributed by atoms with E-state index in [2.05, 4.69) is 10.6 Å². The molecule has 0 heterocycles. The van der Waals surface area contributed by atoms with E-state index in [1.807, 2.05) is 0 Å². The molecule has 0 atom stereocenters. The predicted molar refractivity (Wildman–Crippen MR) is 70.0 cm³/mol. The Labute approximate surface area is 111 Å². The molecule has 0 bridgehead atoms. The Kier molecular flexibility index (Phi) is 4.35. The van der Waals surface area contributed by atoms with Crippen LogP contribution < -0.4 is 10.6 Å². The van der Waals surface area contributed by atoms with Crippen molar-refractivity contribution in [1.29, 1.82) is 5.26 Å². The number of rotatable bonds is 6. The molecule has 100 valence electrons. The van der Waals surface area contributed by atoms with Crippen molar-refractivity contribution in [3.05, 3.63) is 29.6 Å². The number of benzene rings is 1. The maximum Gasteiger partial charge on any atom is 0.220 e. The van der Waals surface area contributed by atoms with Gasteiger partial charge in [0.25, 0.3) is 0 Å². The summed E-state index contributed by atoms with van der Waals surface area (Å²) in [6.45, 7) is 0.601. The highest BCUT2D eigenvalue weighted by atomic mass is 19.1. The lowest BCUT2D eigenvalue weighted by atomic mass is 10.2. The number of anilines is 1. The second-order valence-electron chi connectivity index (χ2n) is 4.68. The minimum atomic E-state index is -0.529. The molecule has 1 saturated carbocycles. The molecule has 1 aromatic carbocycles. The molecule has 0 aromatic heterocycles. The molecule has 0 unspecified atom stereocenters. The fourth-order valence-electron chi connectivity index (χ4n) is 1.72. The Morgan fingerprint density at radius 3 is 2.89 bits per heavy atom. The number of hydrogen-bond acceptors (Lipinski definition) is 3. The quantitative estimate of drug-likeness (QED) is 0.771. The Balaban J connectivity index is 1.69. The van der Waals surface area contributed by atoms with E-state index < -0.39 is 5.82 Å². The van der Waals surface area contributed by atoms with Gasteiger partial charge in [-0.1, -0.05) is 0 Å². The van der Waals surface area contributed by atoms with Crippen molar-refractivity contribution in [1.82, 2.24) is 5.32 Å². The van der Waals surface area contributed by atoms with Gasteiger partial charge in [-0.2, -0.15) is 5.26 Å². The van der Waals surface area contributed by atoms with Gasteiger partial charge >= 0.3 is 0 Å². The molecule has 0 radical (unpaired) electrons. The molecule has 2 rings (SSSR count). The van der Waals surface area contributed by atoms with Crippen LogP contribution >= 0.6 is 0 Å². The van der Waals surface area contributed by atoms with E-state index in [0.29, 0.717) is 31.1 Å². The number of hydrogen-bond donors (Lipinski definition) is 2. The molecule has 0 spiro atoms. The summed E-state index contributed by atoms with van der Waals surface area (Å²) in [5.41, 5.74) is 0.661. The van der Waals surface area contributed by atoms with Crippen molar-refractivity contribution in [2.45, 2.75) is 31.7 Å². The standard InChI is InChI=1S/C14H16FN3O/c15-13-8-12(4-3-10(13)9-16)17-7-1-2-14(19)18-11-5-6-11/h3-4,8,11,17H,1-2,5-7H2,(H,18,19). The first-order valence-electron chi connectivity index (χ1n) is 6.42. The van der Waals surface area contributed by atoms with Crippen LogP contribution in [0, 0.1) is 17.1 Å². The van der Waals surface area contributed by atoms with Crippen LogP contribution in [0.4, 0.5) is 10.1 Å². The average molecular weight is 261 g/mol. The highest BCUT2D eigenvalue weighted by molar-refractivity contribution is 5.76. The largest absolute Gasteiger partial charge is 0.385 e. The van der Waals surface area contributed by atoms with Crippen LogP contribution in [0.5, 0.6) is 0 Å². The zero-order valence-electron chi connectivity index (χ0n) is 10.6.